The number of alkyl carbamates (subject to hydrolysis) is 1. The highest BCUT2D eigenvalue weighted by atomic mass is 35.5. The van der Waals surface area contributed by atoms with Gasteiger partial charge in [-0.05, 0) is 201 Å². The van der Waals surface area contributed by atoms with E-state index in [-0.39, 0.29) is 49.3 Å². The van der Waals surface area contributed by atoms with Crippen LogP contribution in [0.1, 0.15) is 160 Å². The number of aliphatic hydroxyl groups is 1. The molecule has 0 fully saturated rings. The SMILES string of the molecule is CCOP(=O)(CCn1nc(C(C)C)c(Cc2cc(Cl)cc(Cl)c2)c1C)OCC.CCOP(=O)(COS(=O)(=O)c1ccc(C)cc1)OCC.CP(=P)(CCN)Oc1ccccc1.Cc1c(Cc2cc(Cl)cc(Cl)c2)c(C(C)C)nn1CCO.Cc1c(Cc2cc(Cl)cc(Cl)c2)c(C(C)C)nn1CCOC(=O)NCP(C)(=P)Oc1ccccc1. The highest BCUT2D eigenvalue weighted by molar-refractivity contribution is 7.96. The van der Waals surface area contributed by atoms with Crippen molar-refractivity contribution in [2.24, 2.45) is 5.73 Å². The summed E-state index contributed by atoms with van der Waals surface area (Å²) < 4.78 is 97.1. The summed E-state index contributed by atoms with van der Waals surface area (Å²) in [6, 6.07) is 42.2. The van der Waals surface area contributed by atoms with Crippen molar-refractivity contribution in [3.63, 3.8) is 0 Å². The first-order chi connectivity index (χ1) is 55.1. The molecule has 0 aliphatic rings. The molecule has 6 aromatic carbocycles. The summed E-state index contributed by atoms with van der Waals surface area (Å²) in [5.74, 6) is 2.48. The molecule has 1 amide bonds. The van der Waals surface area contributed by atoms with Crippen molar-refractivity contribution in [1.29, 1.82) is 0 Å². The van der Waals surface area contributed by atoms with E-state index < -0.39 is 51.3 Å². The molecule has 0 saturated carbocycles. The van der Waals surface area contributed by atoms with Gasteiger partial charge in [0, 0.05) is 89.3 Å². The average molecular weight is 1870 g/mol. The lowest BCUT2D eigenvalue weighted by Gasteiger charge is -2.20. The minimum Gasteiger partial charge on any atom is -0.474 e. The van der Waals surface area contributed by atoms with Crippen molar-refractivity contribution in [1.82, 2.24) is 34.7 Å². The van der Waals surface area contributed by atoms with Gasteiger partial charge < -0.3 is 48.0 Å². The highest BCUT2D eigenvalue weighted by Gasteiger charge is 2.30. The van der Waals surface area contributed by atoms with E-state index in [4.69, 9.17) is 127 Å². The van der Waals surface area contributed by atoms with E-state index in [1.54, 1.807) is 44.2 Å². The number of aryl methyl sites for hydroxylation is 2. The molecule has 0 saturated heterocycles. The van der Waals surface area contributed by atoms with Crippen molar-refractivity contribution >= 4 is 132 Å². The van der Waals surface area contributed by atoms with E-state index in [0.29, 0.717) is 94.6 Å². The Morgan fingerprint density at radius 2 is 0.863 bits per heavy atom. The standard InChI is InChI=1S/C25H31Cl2N3O3P2.C20H29Cl2N2O3P.C16H20Cl2N2O.C12H19O6PS.C9H15NOP2/c1-17(2)24-23(14-19-12-20(26)15-21(27)13-19)18(3)30(29-24)10-11-32-25(31)28-16-35(4,34)33-22-8-6-5-7-9-22;1-6-26-28(25,27-7-2)9-8-24-15(5)19(20(23-24)14(3)4)12-16-10-17(21)13-18(22)11-16;1-10(2)16-15(11(3)20(19-16)4-5-21)8-12-6-13(17)9-14(18)7-12;1-4-16-19(13,17-5-2)10-18-20(14,15)12-8-6-11(3)7-9-12;1-13(12,8-7-10)11-9-5-3-2-4-6-9/h5-9,12-13,15,17,34H,10-11,14,16H2,1-4H3,(H,28,31);10-11,13-14H,6-9,12H2,1-5H3;6-7,9-10,21H,4-5,8H2,1-3H3;6-9H,4-5,10H2,1-3H3;2-6,12H,7-8,10H2,1H3. The number of nitrogens with zero attached hydrogens (tertiary/aromatic N) is 6. The number of hydrogen-bond donors (Lipinski definition) is 3. The molecule has 9 rings (SSSR count). The minimum atomic E-state index is -3.98. The number of aromatic nitrogens is 6. The van der Waals surface area contributed by atoms with E-state index in [1.807, 2.05) is 159 Å². The van der Waals surface area contributed by atoms with Crippen LogP contribution in [0.4, 0.5) is 4.79 Å². The Bertz CT molecular complexity index is 4870. The number of nitrogens with two attached hydrogens (primary N) is 1. The second-order valence-electron chi connectivity index (χ2n) is 28.2. The molecule has 22 nitrogen and oxygen atoms in total. The Balaban J connectivity index is 0.000000270. The van der Waals surface area contributed by atoms with Gasteiger partial charge in [-0.25, -0.2) is 4.79 Å². The first-order valence-electron chi connectivity index (χ1n) is 38.3. The molecule has 2 unspecified atom stereocenters. The molecule has 4 N–H and O–H groups in total. The fourth-order valence-corrected chi connectivity index (χ4v) is 21.3. The maximum atomic E-state index is 12.8. The Morgan fingerprint density at radius 3 is 1.21 bits per heavy atom. The van der Waals surface area contributed by atoms with Gasteiger partial charge in [0.25, 0.3) is 10.1 Å². The van der Waals surface area contributed by atoms with Crippen molar-refractivity contribution in [2.75, 3.05) is 84.5 Å². The van der Waals surface area contributed by atoms with Gasteiger partial charge in [-0.1, -0.05) is 182 Å². The summed E-state index contributed by atoms with van der Waals surface area (Å²) in [5, 5.41) is 29.9. The molecule has 0 radical (unpaired) electrons. The van der Waals surface area contributed by atoms with Crippen LogP contribution in [0.2, 0.25) is 30.1 Å². The summed E-state index contributed by atoms with van der Waals surface area (Å²) in [6.45, 7) is 31.5. The third kappa shape index (κ3) is 35.5. The molecule has 35 heteroatoms. The van der Waals surface area contributed by atoms with Crippen molar-refractivity contribution in [2.45, 2.75) is 158 Å². The number of carbonyl (C=O) groups excluding carboxylic acids is 1. The largest absolute Gasteiger partial charge is 0.474 e. The van der Waals surface area contributed by atoms with Gasteiger partial charge in [-0.2, -0.15) is 23.7 Å². The first-order valence-corrected chi connectivity index (χ1v) is 52.8. The average Bonchev–Trinajstić information content (AvgIpc) is 1.69. The molecule has 644 valence electrons. The number of para-hydroxylation sites is 2. The lowest BCUT2D eigenvalue weighted by atomic mass is 9.98. The smallest absolute Gasteiger partial charge is 0.407 e. The number of amides is 1. The van der Waals surface area contributed by atoms with Crippen LogP contribution >= 0.6 is 115 Å². The molecule has 0 bridgehead atoms. The summed E-state index contributed by atoms with van der Waals surface area (Å²) in [6.07, 6.45) is 2.49. The number of aliphatic hydroxyl groups excluding tert-OH is 1. The van der Waals surface area contributed by atoms with Gasteiger partial charge >= 0.3 is 21.3 Å². The molecular weight excluding hydrogens is 1750 g/mol. The molecule has 3 aromatic heterocycles. The van der Waals surface area contributed by atoms with Crippen LogP contribution in [0.25, 0.3) is 0 Å². The number of rotatable bonds is 37. The van der Waals surface area contributed by atoms with Crippen LogP contribution in [-0.2, 0) is 85.2 Å². The molecule has 2 atom stereocenters. The molecule has 9 aromatic rings. The van der Waals surface area contributed by atoms with Crippen LogP contribution in [0.3, 0.4) is 0 Å². The minimum absolute atomic E-state index is 0.00245. The van der Waals surface area contributed by atoms with Gasteiger partial charge in [-0.15, -0.1) is 0 Å². The predicted molar refractivity (Wildman–Crippen MR) is 489 cm³/mol. The summed E-state index contributed by atoms with van der Waals surface area (Å²) in [5.41, 5.74) is 19.3. The van der Waals surface area contributed by atoms with E-state index in [9.17, 15) is 22.3 Å². The predicted octanol–water partition coefficient (Wildman–Crippen LogP) is 23.8. The summed E-state index contributed by atoms with van der Waals surface area (Å²) in [7, 11) is -3.33. The molecule has 0 spiro atoms. The van der Waals surface area contributed by atoms with Crippen LogP contribution in [0, 0.1) is 27.7 Å². The van der Waals surface area contributed by atoms with Gasteiger partial charge in [0.05, 0.1) is 101 Å². The van der Waals surface area contributed by atoms with Crippen LogP contribution in [0.5, 0.6) is 11.5 Å². The van der Waals surface area contributed by atoms with E-state index in [2.05, 4.69) is 75.7 Å². The zero-order chi connectivity index (χ0) is 87.0. The van der Waals surface area contributed by atoms with E-state index in [1.165, 1.54) is 17.7 Å². The van der Waals surface area contributed by atoms with Gasteiger partial charge in [0.2, 0.25) is 0 Å². The number of carbonyl (C=O) groups is 1. The Kier molecular flexibility index (Phi) is 43.9. The maximum Gasteiger partial charge on any atom is 0.407 e. The number of ether oxygens (including phenoxy) is 1. The number of nitrogens with one attached hydrogen (secondary N) is 1. The topological polar surface area (TPSA) is 271 Å². The van der Waals surface area contributed by atoms with Crippen molar-refractivity contribution in [3.8, 4) is 11.5 Å². The zero-order valence-corrected chi connectivity index (χ0v) is 80.4. The Hall–Kier alpha value is -4.85. The van der Waals surface area contributed by atoms with Crippen LogP contribution in [-0.4, -0.2) is 133 Å². The molecule has 117 heavy (non-hydrogen) atoms. The Morgan fingerprint density at radius 1 is 0.513 bits per heavy atom. The molecule has 0 aliphatic heterocycles. The summed E-state index contributed by atoms with van der Waals surface area (Å²) in [4.78, 5) is 12.3. The lowest BCUT2D eigenvalue weighted by molar-refractivity contribution is 0.142. The van der Waals surface area contributed by atoms with Gasteiger partial charge in [-0.3, -0.25) is 27.4 Å². The van der Waals surface area contributed by atoms with E-state index >= 15 is 0 Å². The zero-order valence-electron chi connectivity index (χ0n) is 69.5. The van der Waals surface area contributed by atoms with Gasteiger partial charge in [0.15, 0.2) is 6.35 Å². The fourth-order valence-electron chi connectivity index (χ4n) is 11.8. The molecule has 3 heterocycles. The lowest BCUT2D eigenvalue weighted by Crippen LogP contribution is -2.27. The third-order valence-corrected chi connectivity index (χ3v) is 28.6. The number of benzene rings is 6. The first kappa shape index (κ1) is 103. The third-order valence-electron chi connectivity index (χ3n) is 17.2. The Labute approximate surface area is 727 Å². The van der Waals surface area contributed by atoms with Crippen molar-refractivity contribution < 1.29 is 63.5 Å². The highest BCUT2D eigenvalue weighted by Crippen LogP contribution is 2.51. The fraction of sp³-hybridized carbons (Fsp3) is 0.439. The maximum absolute atomic E-state index is 12.8. The summed E-state index contributed by atoms with van der Waals surface area (Å²) >= 11 is 36.8. The normalized spacial score (nSPS) is 12.6. The van der Waals surface area contributed by atoms with Gasteiger partial charge in [0.1, 0.15) is 18.1 Å². The second-order valence-corrected chi connectivity index (χ2v) is 47.8. The molecular formula is C82H114Cl6N8O14P6S. The monoisotopic (exact) mass is 1860 g/mol. The van der Waals surface area contributed by atoms with E-state index in [0.717, 1.165) is 91.6 Å². The number of halogens is 6. The number of hydrogen-bond acceptors (Lipinski definition) is 18. The van der Waals surface area contributed by atoms with Crippen molar-refractivity contribution in [3.05, 3.63) is 243 Å². The van der Waals surface area contributed by atoms with Crippen LogP contribution in [0.15, 0.2) is 144 Å². The quantitative estimate of drug-likeness (QED) is 0.0241. The second kappa shape index (κ2) is 50.0. The van der Waals surface area contributed by atoms with Crippen LogP contribution < -0.4 is 20.1 Å². The molecule has 0 aliphatic carbocycles.